The van der Waals surface area contributed by atoms with Crippen molar-refractivity contribution < 1.29 is 9.53 Å². The summed E-state index contributed by atoms with van der Waals surface area (Å²) in [5, 5.41) is 0. The average Bonchev–Trinajstić information content (AvgIpc) is 2.22. The van der Waals surface area contributed by atoms with E-state index in [0.29, 0.717) is 6.61 Å². The molecule has 15 heavy (non-hydrogen) atoms. The number of carbonyl (C=O) groups excluding carboxylic acids is 1. The van der Waals surface area contributed by atoms with Crippen LogP contribution in [-0.4, -0.2) is 62.1 Å². The minimum Gasteiger partial charge on any atom is -0.466 e. The lowest BCUT2D eigenvalue weighted by molar-refractivity contribution is -0.148. The van der Waals surface area contributed by atoms with Gasteiger partial charge in [-0.3, -0.25) is 9.69 Å². The molecule has 0 aromatic rings. The van der Waals surface area contributed by atoms with E-state index < -0.39 is 0 Å². The van der Waals surface area contributed by atoms with E-state index in [1.165, 1.54) is 0 Å². The van der Waals surface area contributed by atoms with Crippen LogP contribution in [0.15, 0.2) is 0 Å². The van der Waals surface area contributed by atoms with Crippen LogP contribution in [0.3, 0.4) is 0 Å². The molecule has 88 valence electrons. The van der Waals surface area contributed by atoms with Crippen molar-refractivity contribution in [2.24, 2.45) is 5.92 Å². The van der Waals surface area contributed by atoms with Gasteiger partial charge in [-0.15, -0.1) is 0 Å². The van der Waals surface area contributed by atoms with Gasteiger partial charge in [-0.05, 0) is 14.0 Å². The molecule has 0 unspecified atom stereocenters. The first-order valence-electron chi connectivity index (χ1n) is 5.71. The maximum atomic E-state index is 11.4. The summed E-state index contributed by atoms with van der Waals surface area (Å²) in [5.74, 6) is -0.0789. The molecule has 1 heterocycles. The molecule has 1 aliphatic rings. The highest BCUT2D eigenvalue weighted by molar-refractivity contribution is 5.72. The van der Waals surface area contributed by atoms with Crippen LogP contribution in [0.2, 0.25) is 0 Å². The highest BCUT2D eigenvalue weighted by Gasteiger charge is 2.20. The van der Waals surface area contributed by atoms with E-state index in [1.807, 2.05) is 13.8 Å². The zero-order chi connectivity index (χ0) is 11.3. The third kappa shape index (κ3) is 4.18. The Hall–Kier alpha value is -0.610. The highest BCUT2D eigenvalue weighted by atomic mass is 16.5. The minimum atomic E-state index is -0.0728. The van der Waals surface area contributed by atoms with Gasteiger partial charge < -0.3 is 9.64 Å². The molecule has 0 aliphatic carbocycles. The summed E-state index contributed by atoms with van der Waals surface area (Å²) in [4.78, 5) is 16.1. The molecule has 0 saturated carbocycles. The topological polar surface area (TPSA) is 32.8 Å². The molecule has 0 N–H and O–H groups in total. The SMILES string of the molecule is CCOC(=O)[C@@H](C)CN1CCN(C)CC1. The van der Waals surface area contributed by atoms with Crippen LogP contribution in [0.25, 0.3) is 0 Å². The summed E-state index contributed by atoms with van der Waals surface area (Å²) in [7, 11) is 2.13. The van der Waals surface area contributed by atoms with Crippen molar-refractivity contribution in [1.82, 2.24) is 9.80 Å². The molecule has 0 amide bonds. The lowest BCUT2D eigenvalue weighted by Gasteiger charge is -2.33. The quantitative estimate of drug-likeness (QED) is 0.636. The van der Waals surface area contributed by atoms with Crippen molar-refractivity contribution >= 4 is 5.97 Å². The number of hydrogen-bond donors (Lipinski definition) is 0. The minimum absolute atomic E-state index is 0.00615. The number of ether oxygens (including phenoxy) is 1. The second-order valence-electron chi connectivity index (χ2n) is 4.26. The Kier molecular flexibility index (Phi) is 5.05. The zero-order valence-corrected chi connectivity index (χ0v) is 10.0. The van der Waals surface area contributed by atoms with Gasteiger partial charge in [-0.1, -0.05) is 6.92 Å². The van der Waals surface area contributed by atoms with E-state index in [2.05, 4.69) is 16.8 Å². The fraction of sp³-hybridized carbons (Fsp3) is 0.909. The van der Waals surface area contributed by atoms with Crippen molar-refractivity contribution in [1.29, 1.82) is 0 Å². The van der Waals surface area contributed by atoms with Crippen molar-refractivity contribution in [3.63, 3.8) is 0 Å². The van der Waals surface area contributed by atoms with Gasteiger partial charge in [0.2, 0.25) is 0 Å². The van der Waals surface area contributed by atoms with Gasteiger partial charge in [0.1, 0.15) is 0 Å². The van der Waals surface area contributed by atoms with Crippen LogP contribution in [0.5, 0.6) is 0 Å². The van der Waals surface area contributed by atoms with Crippen molar-refractivity contribution in [3.8, 4) is 0 Å². The van der Waals surface area contributed by atoms with E-state index in [4.69, 9.17) is 4.74 Å². The van der Waals surface area contributed by atoms with Crippen LogP contribution >= 0.6 is 0 Å². The molecule has 4 heteroatoms. The smallest absolute Gasteiger partial charge is 0.309 e. The first-order chi connectivity index (χ1) is 7.13. The summed E-state index contributed by atoms with van der Waals surface area (Å²) >= 11 is 0. The van der Waals surface area contributed by atoms with E-state index in [0.717, 1.165) is 32.7 Å². The van der Waals surface area contributed by atoms with Crippen molar-refractivity contribution in [2.75, 3.05) is 46.4 Å². The molecule has 1 aliphatic heterocycles. The average molecular weight is 214 g/mol. The predicted molar refractivity (Wildman–Crippen MR) is 59.7 cm³/mol. The molecular formula is C11H22N2O2. The van der Waals surface area contributed by atoms with E-state index in [1.54, 1.807) is 0 Å². The Bertz CT molecular complexity index is 201. The molecule has 0 spiro atoms. The van der Waals surface area contributed by atoms with E-state index in [-0.39, 0.29) is 11.9 Å². The Morgan fingerprint density at radius 3 is 2.47 bits per heavy atom. The molecule has 1 fully saturated rings. The lowest BCUT2D eigenvalue weighted by Crippen LogP contribution is -2.46. The van der Waals surface area contributed by atoms with Crippen molar-refractivity contribution in [3.05, 3.63) is 0 Å². The van der Waals surface area contributed by atoms with Crippen LogP contribution in [0.4, 0.5) is 0 Å². The molecule has 1 rings (SSSR count). The number of likely N-dealkylation sites (N-methyl/N-ethyl adjacent to an activating group) is 1. The number of esters is 1. The van der Waals surface area contributed by atoms with Crippen LogP contribution in [0, 0.1) is 5.92 Å². The third-order valence-corrected chi connectivity index (χ3v) is 2.82. The van der Waals surface area contributed by atoms with E-state index in [9.17, 15) is 4.79 Å². The summed E-state index contributed by atoms with van der Waals surface area (Å²) in [5.41, 5.74) is 0. The zero-order valence-electron chi connectivity index (χ0n) is 10.0. The lowest BCUT2D eigenvalue weighted by atomic mass is 10.1. The van der Waals surface area contributed by atoms with Gasteiger partial charge in [0.15, 0.2) is 0 Å². The summed E-state index contributed by atoms with van der Waals surface area (Å²) < 4.78 is 4.99. The first kappa shape index (κ1) is 12.5. The van der Waals surface area contributed by atoms with Crippen molar-refractivity contribution in [2.45, 2.75) is 13.8 Å². The second-order valence-corrected chi connectivity index (χ2v) is 4.26. The number of carbonyl (C=O) groups is 1. The van der Waals surface area contributed by atoms with Gasteiger partial charge in [0.25, 0.3) is 0 Å². The van der Waals surface area contributed by atoms with Gasteiger partial charge in [0, 0.05) is 32.7 Å². The fourth-order valence-electron chi connectivity index (χ4n) is 1.78. The molecule has 1 atom stereocenters. The molecule has 0 aromatic heterocycles. The summed E-state index contributed by atoms with van der Waals surface area (Å²) in [6.45, 7) is 9.39. The maximum Gasteiger partial charge on any atom is 0.309 e. The first-order valence-corrected chi connectivity index (χ1v) is 5.71. The third-order valence-electron chi connectivity index (χ3n) is 2.82. The van der Waals surface area contributed by atoms with Gasteiger partial charge in [0.05, 0.1) is 12.5 Å². The molecule has 0 bridgehead atoms. The predicted octanol–water partition coefficient (Wildman–Crippen LogP) is 0.433. The largest absolute Gasteiger partial charge is 0.466 e. The number of piperazine rings is 1. The van der Waals surface area contributed by atoms with Gasteiger partial charge in [-0.2, -0.15) is 0 Å². The fourth-order valence-corrected chi connectivity index (χ4v) is 1.78. The molecular weight excluding hydrogens is 192 g/mol. The monoisotopic (exact) mass is 214 g/mol. The molecule has 4 nitrogen and oxygen atoms in total. The maximum absolute atomic E-state index is 11.4. The van der Waals surface area contributed by atoms with Gasteiger partial charge in [-0.25, -0.2) is 0 Å². The van der Waals surface area contributed by atoms with E-state index >= 15 is 0 Å². The molecule has 1 saturated heterocycles. The normalized spacial score (nSPS) is 21.3. The molecule has 0 radical (unpaired) electrons. The molecule has 0 aromatic carbocycles. The van der Waals surface area contributed by atoms with Crippen LogP contribution in [0.1, 0.15) is 13.8 Å². The van der Waals surface area contributed by atoms with Crippen LogP contribution < -0.4 is 0 Å². The van der Waals surface area contributed by atoms with Gasteiger partial charge >= 0.3 is 5.97 Å². The standard InChI is InChI=1S/C11H22N2O2/c1-4-15-11(14)10(2)9-13-7-5-12(3)6-8-13/h10H,4-9H2,1-3H3/t10-/m0/s1. The Morgan fingerprint density at radius 1 is 1.33 bits per heavy atom. The number of hydrogen-bond acceptors (Lipinski definition) is 4. The summed E-state index contributed by atoms with van der Waals surface area (Å²) in [6.07, 6.45) is 0. The highest BCUT2D eigenvalue weighted by Crippen LogP contribution is 2.06. The van der Waals surface area contributed by atoms with Crippen LogP contribution in [-0.2, 0) is 9.53 Å². The Morgan fingerprint density at radius 2 is 1.93 bits per heavy atom. The second kappa shape index (κ2) is 6.08. The Labute approximate surface area is 92.2 Å². The number of nitrogens with zero attached hydrogens (tertiary/aromatic N) is 2. The number of rotatable bonds is 4. The Balaban J connectivity index is 2.25. The summed E-state index contributed by atoms with van der Waals surface area (Å²) in [6, 6.07) is 0.